The molecular formula is C9H22N2O. The van der Waals surface area contributed by atoms with Gasteiger partial charge in [-0.1, -0.05) is 19.8 Å². The highest BCUT2D eigenvalue weighted by molar-refractivity contribution is 5.75. The summed E-state index contributed by atoms with van der Waals surface area (Å²) in [6.07, 6.45) is 4.05. The van der Waals surface area contributed by atoms with Gasteiger partial charge in [-0.3, -0.25) is 4.79 Å². The van der Waals surface area contributed by atoms with Crippen molar-refractivity contribution in [2.75, 3.05) is 21.1 Å². The van der Waals surface area contributed by atoms with E-state index in [0.717, 1.165) is 12.8 Å². The molecule has 0 saturated carbocycles. The molecule has 3 nitrogen and oxygen atoms in total. The molecule has 0 spiro atoms. The fourth-order valence-electron chi connectivity index (χ4n) is 0.661. The lowest BCUT2D eigenvalue weighted by Crippen LogP contribution is -2.16. The number of carbonyl (C=O) groups is 1. The van der Waals surface area contributed by atoms with Crippen molar-refractivity contribution >= 4 is 5.91 Å². The maximum Gasteiger partial charge on any atom is 0.219 e. The van der Waals surface area contributed by atoms with Crippen LogP contribution >= 0.6 is 0 Å². The van der Waals surface area contributed by atoms with Crippen LogP contribution in [0.5, 0.6) is 0 Å². The van der Waals surface area contributed by atoms with Gasteiger partial charge in [0.05, 0.1) is 0 Å². The van der Waals surface area contributed by atoms with E-state index >= 15 is 0 Å². The fraction of sp³-hybridized carbons (Fsp3) is 0.889. The second kappa shape index (κ2) is 13.1. The van der Waals surface area contributed by atoms with Crippen molar-refractivity contribution in [2.45, 2.75) is 32.6 Å². The maximum absolute atomic E-state index is 10.6. The third kappa shape index (κ3) is 16.2. The van der Waals surface area contributed by atoms with E-state index in [1.54, 1.807) is 7.05 Å². The van der Waals surface area contributed by atoms with Crippen molar-refractivity contribution < 1.29 is 4.79 Å². The molecule has 0 rings (SSSR count). The van der Waals surface area contributed by atoms with Gasteiger partial charge in [0.15, 0.2) is 0 Å². The standard InChI is InChI=1S/C7H15NO.C2H7N/c1-3-4-5-6-7(9)8-2;1-3-2/h3-6H2,1-2H3,(H,8,9);3H,1-2H3. The molecule has 3 heteroatoms. The van der Waals surface area contributed by atoms with Gasteiger partial charge in [-0.2, -0.15) is 0 Å². The van der Waals surface area contributed by atoms with Crippen molar-refractivity contribution in [1.82, 2.24) is 10.6 Å². The number of nitrogens with one attached hydrogen (secondary N) is 2. The summed E-state index contributed by atoms with van der Waals surface area (Å²) in [4.78, 5) is 10.6. The van der Waals surface area contributed by atoms with Crippen molar-refractivity contribution in [1.29, 1.82) is 0 Å². The molecule has 0 atom stereocenters. The molecule has 12 heavy (non-hydrogen) atoms. The van der Waals surface area contributed by atoms with Gasteiger partial charge in [0.1, 0.15) is 0 Å². The summed E-state index contributed by atoms with van der Waals surface area (Å²) in [7, 11) is 5.42. The normalized spacial score (nSPS) is 8.33. The Morgan fingerprint density at radius 2 is 1.67 bits per heavy atom. The van der Waals surface area contributed by atoms with E-state index in [4.69, 9.17) is 0 Å². The summed E-state index contributed by atoms with van der Waals surface area (Å²) < 4.78 is 0. The Balaban J connectivity index is 0. The van der Waals surface area contributed by atoms with Crippen LogP contribution in [0.15, 0.2) is 0 Å². The van der Waals surface area contributed by atoms with E-state index in [2.05, 4.69) is 17.6 Å². The number of amides is 1. The van der Waals surface area contributed by atoms with Crippen LogP contribution in [0, 0.1) is 0 Å². The first-order valence-corrected chi connectivity index (χ1v) is 4.51. The highest BCUT2D eigenvalue weighted by Crippen LogP contribution is 1.97. The molecule has 1 amide bonds. The van der Waals surface area contributed by atoms with Crippen molar-refractivity contribution in [3.05, 3.63) is 0 Å². The summed E-state index contributed by atoms with van der Waals surface area (Å²) in [5.41, 5.74) is 0. The summed E-state index contributed by atoms with van der Waals surface area (Å²) in [5, 5.41) is 5.33. The number of hydrogen-bond acceptors (Lipinski definition) is 2. The molecule has 0 aromatic heterocycles. The zero-order valence-corrected chi connectivity index (χ0v) is 8.74. The van der Waals surface area contributed by atoms with Crippen LogP contribution in [-0.2, 0) is 4.79 Å². The molecule has 0 aromatic rings. The monoisotopic (exact) mass is 174 g/mol. The highest BCUT2D eigenvalue weighted by Gasteiger charge is 1.94. The predicted octanol–water partition coefficient (Wildman–Crippen LogP) is 1.15. The number of unbranched alkanes of at least 4 members (excludes halogenated alkanes) is 2. The molecule has 0 aliphatic rings. The molecule has 2 N–H and O–H groups in total. The smallest absolute Gasteiger partial charge is 0.219 e. The lowest BCUT2D eigenvalue weighted by atomic mass is 10.2. The summed E-state index contributed by atoms with van der Waals surface area (Å²) in [6.45, 7) is 2.13. The molecule has 74 valence electrons. The summed E-state index contributed by atoms with van der Waals surface area (Å²) >= 11 is 0. The van der Waals surface area contributed by atoms with Crippen LogP contribution in [0.25, 0.3) is 0 Å². The van der Waals surface area contributed by atoms with Crippen LogP contribution in [0.4, 0.5) is 0 Å². The Kier molecular flexibility index (Phi) is 15.2. The van der Waals surface area contributed by atoms with Crippen LogP contribution in [0.3, 0.4) is 0 Å². The lowest BCUT2D eigenvalue weighted by Gasteiger charge is -1.96. The summed E-state index contributed by atoms with van der Waals surface area (Å²) in [5.74, 6) is 0.156. The average Bonchev–Trinajstić information content (AvgIpc) is 2.06. The fourth-order valence-corrected chi connectivity index (χ4v) is 0.661. The van der Waals surface area contributed by atoms with Gasteiger partial charge in [-0.15, -0.1) is 0 Å². The Labute approximate surface area is 75.9 Å². The molecule has 0 aliphatic heterocycles. The van der Waals surface area contributed by atoms with Gasteiger partial charge >= 0.3 is 0 Å². The number of rotatable bonds is 4. The van der Waals surface area contributed by atoms with Crippen LogP contribution in [0.2, 0.25) is 0 Å². The zero-order valence-electron chi connectivity index (χ0n) is 8.74. The molecule has 0 aliphatic carbocycles. The maximum atomic E-state index is 10.6. The lowest BCUT2D eigenvalue weighted by molar-refractivity contribution is -0.120. The van der Waals surface area contributed by atoms with E-state index < -0.39 is 0 Å². The van der Waals surface area contributed by atoms with E-state index in [1.807, 2.05) is 14.1 Å². The van der Waals surface area contributed by atoms with Gasteiger partial charge in [0, 0.05) is 13.5 Å². The van der Waals surface area contributed by atoms with Crippen molar-refractivity contribution in [2.24, 2.45) is 0 Å². The minimum Gasteiger partial charge on any atom is -0.359 e. The van der Waals surface area contributed by atoms with Gasteiger partial charge in [0.2, 0.25) is 5.91 Å². The van der Waals surface area contributed by atoms with E-state index in [9.17, 15) is 4.79 Å². The average molecular weight is 174 g/mol. The van der Waals surface area contributed by atoms with Gasteiger partial charge < -0.3 is 10.6 Å². The largest absolute Gasteiger partial charge is 0.359 e. The van der Waals surface area contributed by atoms with E-state index in [-0.39, 0.29) is 5.91 Å². The Bertz CT molecular complexity index is 94.5. The first kappa shape index (κ1) is 14.0. The number of hydrogen-bond donors (Lipinski definition) is 2. The molecule has 0 saturated heterocycles. The zero-order chi connectivity index (χ0) is 9.82. The van der Waals surface area contributed by atoms with E-state index in [0.29, 0.717) is 6.42 Å². The first-order valence-electron chi connectivity index (χ1n) is 4.51. The molecule has 0 heterocycles. The molecule has 0 radical (unpaired) electrons. The minimum atomic E-state index is 0.156. The highest BCUT2D eigenvalue weighted by atomic mass is 16.1. The second-order valence-corrected chi connectivity index (χ2v) is 2.63. The molecule has 0 fully saturated rings. The Morgan fingerprint density at radius 1 is 1.17 bits per heavy atom. The first-order chi connectivity index (χ1) is 5.72. The quantitative estimate of drug-likeness (QED) is 0.628. The molecule has 0 unspecified atom stereocenters. The summed E-state index contributed by atoms with van der Waals surface area (Å²) in [6, 6.07) is 0. The van der Waals surface area contributed by atoms with Gasteiger partial charge in [0.25, 0.3) is 0 Å². The minimum absolute atomic E-state index is 0.156. The topological polar surface area (TPSA) is 41.1 Å². The molecule has 0 bridgehead atoms. The SMILES string of the molecule is CCCCCC(=O)NC.CNC. The van der Waals surface area contributed by atoms with Crippen LogP contribution in [-0.4, -0.2) is 27.1 Å². The Morgan fingerprint density at radius 3 is 2.00 bits per heavy atom. The van der Waals surface area contributed by atoms with Crippen LogP contribution in [0.1, 0.15) is 32.6 Å². The Hall–Kier alpha value is -0.570. The molecular weight excluding hydrogens is 152 g/mol. The predicted molar refractivity (Wildman–Crippen MR) is 53.2 cm³/mol. The van der Waals surface area contributed by atoms with Crippen molar-refractivity contribution in [3.63, 3.8) is 0 Å². The van der Waals surface area contributed by atoms with Crippen LogP contribution < -0.4 is 10.6 Å². The second-order valence-electron chi connectivity index (χ2n) is 2.63. The van der Waals surface area contributed by atoms with Crippen molar-refractivity contribution in [3.8, 4) is 0 Å². The molecule has 0 aromatic carbocycles. The number of carbonyl (C=O) groups excluding carboxylic acids is 1. The third-order valence-corrected chi connectivity index (χ3v) is 1.29. The van der Waals surface area contributed by atoms with Gasteiger partial charge in [-0.25, -0.2) is 0 Å². The van der Waals surface area contributed by atoms with Gasteiger partial charge in [-0.05, 0) is 20.5 Å². The third-order valence-electron chi connectivity index (χ3n) is 1.29. The van der Waals surface area contributed by atoms with E-state index in [1.165, 1.54) is 6.42 Å².